The first-order valence-corrected chi connectivity index (χ1v) is 16.3. The molecular weight excluding hydrogens is 546 g/mol. The molecule has 1 aromatic rings. The van der Waals surface area contributed by atoms with Gasteiger partial charge in [0, 0.05) is 25.0 Å². The highest BCUT2D eigenvalue weighted by Gasteiger charge is 2.48. The number of carbonyl (C=O) groups excluding carboxylic acids is 2. The minimum absolute atomic E-state index is 0.0955. The maximum Gasteiger partial charge on any atom is 0.318 e. The molecule has 0 spiro atoms. The van der Waals surface area contributed by atoms with Crippen LogP contribution in [-0.4, -0.2) is 65.0 Å². The zero-order valence-corrected chi connectivity index (χ0v) is 27.1. The molecule has 1 saturated carbocycles. The van der Waals surface area contributed by atoms with Gasteiger partial charge in [-0.3, -0.25) is 9.59 Å². The number of nitrogens with zero attached hydrogens (tertiary/aromatic N) is 1. The molecule has 242 valence electrons. The van der Waals surface area contributed by atoms with Gasteiger partial charge in [0.2, 0.25) is 5.91 Å². The van der Waals surface area contributed by atoms with E-state index in [0.717, 1.165) is 44.1 Å². The second-order valence-corrected chi connectivity index (χ2v) is 13.6. The first-order chi connectivity index (χ1) is 20.4. The van der Waals surface area contributed by atoms with Crippen molar-refractivity contribution in [1.82, 2.24) is 15.5 Å². The van der Waals surface area contributed by atoms with E-state index in [1.54, 1.807) is 13.8 Å². The highest BCUT2D eigenvalue weighted by molar-refractivity contribution is 5.83. The molecule has 1 heterocycles. The Morgan fingerprint density at radius 3 is 2.28 bits per heavy atom. The van der Waals surface area contributed by atoms with Crippen LogP contribution in [0.3, 0.4) is 0 Å². The average Bonchev–Trinajstić information content (AvgIpc) is 2.96. The average molecular weight is 602 g/mol. The van der Waals surface area contributed by atoms with Crippen LogP contribution >= 0.6 is 0 Å². The smallest absolute Gasteiger partial charge is 0.318 e. The number of rotatable bonds is 15. The number of hydrogen-bond donors (Lipinski definition) is 3. The lowest BCUT2D eigenvalue weighted by Gasteiger charge is -2.45. The molecule has 2 atom stereocenters. The van der Waals surface area contributed by atoms with Crippen molar-refractivity contribution in [3.8, 4) is 0 Å². The minimum Gasteiger partial charge on any atom is -0.481 e. The summed E-state index contributed by atoms with van der Waals surface area (Å²) in [4.78, 5) is 42.0. The molecule has 1 aromatic carbocycles. The Morgan fingerprint density at radius 1 is 0.977 bits per heavy atom. The van der Waals surface area contributed by atoms with Crippen LogP contribution in [0.15, 0.2) is 30.3 Å². The Bertz CT molecular complexity index is 1040. The predicted octanol–water partition coefficient (Wildman–Crippen LogP) is 6.26. The first kappa shape index (κ1) is 34.8. The molecule has 9 heteroatoms. The highest BCUT2D eigenvalue weighted by atomic mass is 16.7. The number of hydrogen-bond acceptors (Lipinski definition) is 5. The van der Waals surface area contributed by atoms with Crippen molar-refractivity contribution in [1.29, 1.82) is 0 Å². The van der Waals surface area contributed by atoms with E-state index in [9.17, 15) is 19.5 Å². The molecule has 0 radical (unpaired) electrons. The Morgan fingerprint density at radius 2 is 1.63 bits per heavy atom. The normalized spacial score (nSPS) is 21.4. The third-order valence-corrected chi connectivity index (χ3v) is 8.97. The van der Waals surface area contributed by atoms with Gasteiger partial charge in [-0.05, 0) is 38.7 Å². The molecule has 2 aliphatic rings. The third-order valence-electron chi connectivity index (χ3n) is 8.97. The van der Waals surface area contributed by atoms with Crippen LogP contribution in [0.5, 0.6) is 0 Å². The number of aliphatic carboxylic acids is 1. The molecule has 0 aromatic heterocycles. The van der Waals surface area contributed by atoms with Gasteiger partial charge in [0.25, 0.3) is 0 Å². The fraction of sp³-hybridized carbons (Fsp3) is 0.735. The van der Waals surface area contributed by atoms with Crippen LogP contribution in [0, 0.1) is 11.3 Å². The van der Waals surface area contributed by atoms with Gasteiger partial charge in [-0.2, -0.15) is 0 Å². The molecule has 3 amide bonds. The molecule has 1 saturated heterocycles. The van der Waals surface area contributed by atoms with E-state index >= 15 is 0 Å². The predicted molar refractivity (Wildman–Crippen MR) is 167 cm³/mol. The molecule has 2 fully saturated rings. The van der Waals surface area contributed by atoms with Gasteiger partial charge in [0.15, 0.2) is 5.79 Å². The summed E-state index contributed by atoms with van der Waals surface area (Å²) in [5.74, 6) is -3.29. The fourth-order valence-corrected chi connectivity index (χ4v) is 6.31. The summed E-state index contributed by atoms with van der Waals surface area (Å²) >= 11 is 0. The minimum atomic E-state index is -1.03. The van der Waals surface area contributed by atoms with Gasteiger partial charge in [-0.15, -0.1) is 0 Å². The van der Waals surface area contributed by atoms with E-state index < -0.39 is 34.7 Å². The number of amides is 3. The van der Waals surface area contributed by atoms with Gasteiger partial charge >= 0.3 is 12.0 Å². The summed E-state index contributed by atoms with van der Waals surface area (Å²) in [6.45, 7) is 10.8. The molecule has 0 bridgehead atoms. The van der Waals surface area contributed by atoms with Crippen LogP contribution < -0.4 is 10.6 Å². The Balaban J connectivity index is 1.76. The number of nitrogens with one attached hydrogen (secondary N) is 2. The quantitative estimate of drug-likeness (QED) is 0.205. The van der Waals surface area contributed by atoms with Gasteiger partial charge in [-0.1, -0.05) is 102 Å². The van der Waals surface area contributed by atoms with Crippen LogP contribution in [0.4, 0.5) is 4.79 Å². The highest BCUT2D eigenvalue weighted by Crippen LogP contribution is 2.37. The third kappa shape index (κ3) is 10.2. The number of ether oxygens (including phenoxy) is 2. The van der Waals surface area contributed by atoms with Crippen molar-refractivity contribution in [3.63, 3.8) is 0 Å². The summed E-state index contributed by atoms with van der Waals surface area (Å²) in [5.41, 5.74) is -0.510. The number of benzene rings is 1. The molecular formula is C34H55N3O6. The zero-order valence-electron chi connectivity index (χ0n) is 27.1. The van der Waals surface area contributed by atoms with E-state index in [1.165, 1.54) is 19.3 Å². The van der Waals surface area contributed by atoms with Crippen LogP contribution in [0.1, 0.15) is 111 Å². The van der Waals surface area contributed by atoms with Gasteiger partial charge in [0.1, 0.15) is 6.10 Å². The van der Waals surface area contributed by atoms with Crippen molar-refractivity contribution in [2.24, 2.45) is 11.3 Å². The van der Waals surface area contributed by atoms with Crippen molar-refractivity contribution in [3.05, 3.63) is 35.9 Å². The summed E-state index contributed by atoms with van der Waals surface area (Å²) in [6, 6.07) is 9.66. The van der Waals surface area contributed by atoms with Crippen LogP contribution in [0.25, 0.3) is 0 Å². The zero-order chi connectivity index (χ0) is 31.5. The van der Waals surface area contributed by atoms with Gasteiger partial charge in [-0.25, -0.2) is 4.79 Å². The Hall–Kier alpha value is -2.65. The number of carboxylic acid groups (broad SMARTS) is 1. The maximum absolute atomic E-state index is 14.0. The van der Waals surface area contributed by atoms with Crippen molar-refractivity contribution >= 4 is 17.9 Å². The first-order valence-electron chi connectivity index (χ1n) is 16.3. The van der Waals surface area contributed by atoms with Gasteiger partial charge < -0.3 is 30.1 Å². The Kier molecular flexibility index (Phi) is 12.9. The maximum atomic E-state index is 14.0. The molecule has 2 unspecified atom stereocenters. The SMILES string of the molecule is CCCCCCCCN(Cc1ccccc1)C(=O)NC1(C(CNC(=O)C2OC(C)(C)OCC2(C)C)C(=O)O)CCCCC1. The second kappa shape index (κ2) is 15.9. The molecule has 3 N–H and O–H groups in total. The van der Waals surface area contributed by atoms with Crippen LogP contribution in [-0.2, 0) is 25.6 Å². The largest absolute Gasteiger partial charge is 0.481 e. The molecule has 1 aliphatic heterocycles. The fourth-order valence-electron chi connectivity index (χ4n) is 6.31. The summed E-state index contributed by atoms with van der Waals surface area (Å²) in [6.07, 6.45) is 9.63. The summed E-state index contributed by atoms with van der Waals surface area (Å²) < 4.78 is 11.7. The molecule has 3 rings (SSSR count). The van der Waals surface area contributed by atoms with Crippen LogP contribution in [0.2, 0.25) is 0 Å². The van der Waals surface area contributed by atoms with Crippen molar-refractivity contribution in [2.75, 3.05) is 19.7 Å². The van der Waals surface area contributed by atoms with E-state index in [0.29, 0.717) is 32.5 Å². The standard InChI is InChI=1S/C34H55N3O6/c1-6-7-8-9-10-17-22-37(24-26-18-13-11-14-19-26)31(41)36-34(20-15-12-16-21-34)27(30(39)40)23-35-29(38)28-32(2,3)25-42-33(4,5)43-28/h11,13-14,18-19,27-28H,6-10,12,15-17,20-25H2,1-5H3,(H,35,38)(H,36,41)(H,39,40). The molecule has 1 aliphatic carbocycles. The van der Waals surface area contributed by atoms with E-state index in [1.807, 2.05) is 49.1 Å². The number of carbonyl (C=O) groups is 3. The Labute approximate surface area is 258 Å². The molecule has 9 nitrogen and oxygen atoms in total. The van der Waals surface area contributed by atoms with Gasteiger partial charge in [0.05, 0.1) is 18.1 Å². The summed E-state index contributed by atoms with van der Waals surface area (Å²) in [5, 5.41) is 16.6. The molecule has 43 heavy (non-hydrogen) atoms. The van der Waals surface area contributed by atoms with E-state index in [2.05, 4.69) is 17.6 Å². The number of carboxylic acids is 1. The monoisotopic (exact) mass is 601 g/mol. The lowest BCUT2D eigenvalue weighted by atomic mass is 9.72. The number of unbranched alkanes of at least 4 members (excludes halogenated alkanes) is 5. The summed E-state index contributed by atoms with van der Waals surface area (Å²) in [7, 11) is 0. The van der Waals surface area contributed by atoms with Crippen molar-refractivity contribution < 1.29 is 29.0 Å². The second-order valence-electron chi connectivity index (χ2n) is 13.6. The number of urea groups is 1. The van der Waals surface area contributed by atoms with Crippen molar-refractivity contribution in [2.45, 2.75) is 129 Å². The lowest BCUT2D eigenvalue weighted by molar-refractivity contribution is -0.304. The topological polar surface area (TPSA) is 117 Å². The van der Waals surface area contributed by atoms with E-state index in [-0.39, 0.29) is 18.5 Å². The van der Waals surface area contributed by atoms with E-state index in [4.69, 9.17) is 9.47 Å². The lowest BCUT2D eigenvalue weighted by Crippen LogP contribution is -2.63.